The first-order valence-corrected chi connectivity index (χ1v) is 23.5. The Bertz CT molecular complexity index is 2250. The highest BCUT2D eigenvalue weighted by molar-refractivity contribution is 7.85. The lowest BCUT2D eigenvalue weighted by molar-refractivity contribution is 0.637. The van der Waals surface area contributed by atoms with Crippen molar-refractivity contribution in [1.82, 2.24) is 25.3 Å². The van der Waals surface area contributed by atoms with Gasteiger partial charge in [0.2, 0.25) is 11.9 Å². The third-order valence-electron chi connectivity index (χ3n) is 10.3. The summed E-state index contributed by atoms with van der Waals surface area (Å²) in [7, 11) is -0.140. The molecular formula is C39H43Cl3N10O2S3. The first kappa shape index (κ1) is 40.2. The molecule has 0 aliphatic carbocycles. The van der Waals surface area contributed by atoms with E-state index in [-0.39, 0.29) is 0 Å². The molecule has 300 valence electrons. The molecule has 0 bridgehead atoms. The van der Waals surface area contributed by atoms with Crippen molar-refractivity contribution in [2.45, 2.75) is 35.7 Å². The van der Waals surface area contributed by atoms with Gasteiger partial charge in [0, 0.05) is 114 Å². The van der Waals surface area contributed by atoms with Crippen LogP contribution in [0.5, 0.6) is 0 Å². The van der Waals surface area contributed by atoms with Crippen LogP contribution in [-0.4, -0.2) is 99.3 Å². The van der Waals surface area contributed by atoms with Crippen LogP contribution in [0.15, 0.2) is 70.5 Å². The smallest absolute Gasteiger partial charge is 0.227 e. The lowest BCUT2D eigenvalue weighted by atomic mass is 10.2. The first-order valence-electron chi connectivity index (χ1n) is 18.9. The zero-order chi connectivity index (χ0) is 39.5. The zero-order valence-corrected chi connectivity index (χ0v) is 36.1. The van der Waals surface area contributed by atoms with E-state index >= 15 is 0 Å². The maximum atomic E-state index is 12.7. The Labute approximate surface area is 356 Å². The van der Waals surface area contributed by atoms with Crippen LogP contribution in [0.3, 0.4) is 0 Å². The van der Waals surface area contributed by atoms with E-state index in [4.69, 9.17) is 44.8 Å². The maximum absolute atomic E-state index is 12.7. The predicted octanol–water partition coefficient (Wildman–Crippen LogP) is 6.29. The van der Waals surface area contributed by atoms with E-state index < -0.39 is 21.6 Å². The van der Waals surface area contributed by atoms with E-state index in [1.807, 2.05) is 43.4 Å². The number of piperazine rings is 2. The Morgan fingerprint density at radius 3 is 1.58 bits per heavy atom. The van der Waals surface area contributed by atoms with E-state index in [2.05, 4.69) is 64.5 Å². The molecule has 12 nitrogen and oxygen atoms in total. The number of aryl methyl sites for hydroxylation is 2. The van der Waals surface area contributed by atoms with Gasteiger partial charge in [0.05, 0.1) is 44.4 Å². The molecule has 2 unspecified atom stereocenters. The average molecular weight is 886 g/mol. The number of anilines is 5. The molecule has 0 saturated carbocycles. The minimum Gasteiger partial charge on any atom is -0.368 e. The third kappa shape index (κ3) is 9.35. The molecule has 0 amide bonds. The summed E-state index contributed by atoms with van der Waals surface area (Å²) >= 11 is 20.0. The minimum absolute atomic E-state index is 0.339. The van der Waals surface area contributed by atoms with Gasteiger partial charge >= 0.3 is 0 Å². The Hall–Kier alpha value is -3.57. The van der Waals surface area contributed by atoms with Crippen molar-refractivity contribution in [2.24, 2.45) is 0 Å². The molecule has 7 heterocycles. The lowest BCUT2D eigenvalue weighted by Crippen LogP contribution is -2.47. The second kappa shape index (κ2) is 18.1. The van der Waals surface area contributed by atoms with Crippen molar-refractivity contribution >= 4 is 96.8 Å². The molecular weight excluding hydrogens is 843 g/mol. The Morgan fingerprint density at radius 1 is 0.596 bits per heavy atom. The summed E-state index contributed by atoms with van der Waals surface area (Å²) in [5, 5.41) is 8.48. The molecule has 2 aromatic carbocycles. The standard InChI is InChI=1S/C23H27ClN6OS2.C16H16Cl2N4OS/c1-25-14-18-6-7-19(32-18)15-26-22-21-20(8-13-33(21)31)27-23(28-22)30-11-9-29(10-12-30)17-4-2-16(24)3-5-17;17-11-1-3-12(4-2-11)21-6-8-22(9-7-21)16-19-13-5-10-24(23)14(13)15(18)20-16/h2-7,25H,8-15H2,1H3,(H,26,27,28);1-4H,5-10H2. The molecule has 2 atom stereocenters. The molecule has 2 N–H and O–H groups in total. The van der Waals surface area contributed by atoms with Crippen LogP contribution in [0.25, 0.3) is 0 Å². The Kier molecular flexibility index (Phi) is 12.8. The van der Waals surface area contributed by atoms with Crippen LogP contribution in [0.4, 0.5) is 29.1 Å². The molecule has 2 saturated heterocycles. The highest BCUT2D eigenvalue weighted by Gasteiger charge is 2.30. The Morgan fingerprint density at radius 2 is 1.05 bits per heavy atom. The summed E-state index contributed by atoms with van der Waals surface area (Å²) in [6.45, 7) is 8.38. The molecule has 4 aliphatic heterocycles. The van der Waals surface area contributed by atoms with E-state index in [1.165, 1.54) is 21.1 Å². The lowest BCUT2D eigenvalue weighted by Gasteiger charge is -2.36. The molecule has 0 radical (unpaired) electrons. The van der Waals surface area contributed by atoms with E-state index in [1.54, 1.807) is 11.3 Å². The van der Waals surface area contributed by atoms with Gasteiger partial charge < -0.3 is 30.2 Å². The third-order valence-corrected chi connectivity index (χ3v) is 15.2. The molecule has 3 aromatic heterocycles. The summed E-state index contributed by atoms with van der Waals surface area (Å²) in [5.41, 5.74) is 4.11. The number of fused-ring (bicyclic) bond motifs is 2. The molecule has 0 spiro atoms. The largest absolute Gasteiger partial charge is 0.368 e. The number of nitrogens with one attached hydrogen (secondary N) is 2. The van der Waals surface area contributed by atoms with Gasteiger partial charge in [0.25, 0.3) is 0 Å². The van der Waals surface area contributed by atoms with Gasteiger partial charge in [-0.05, 0) is 67.7 Å². The summed E-state index contributed by atoms with van der Waals surface area (Å²) in [4.78, 5) is 31.6. The number of hydrogen-bond donors (Lipinski definition) is 2. The van der Waals surface area contributed by atoms with Gasteiger partial charge in [-0.3, -0.25) is 8.42 Å². The topological polar surface area (TPSA) is 123 Å². The van der Waals surface area contributed by atoms with Gasteiger partial charge in [-0.15, -0.1) is 11.3 Å². The quantitative estimate of drug-likeness (QED) is 0.162. The fourth-order valence-corrected chi connectivity index (χ4v) is 11.5. The SMILES string of the molecule is CNCc1ccc(CNc2nc(N3CCN(c4ccc(Cl)cc4)CC3)nc3c2S(=O)CC3)s1.O=S1CCc2nc(N3CCN(c4ccc(Cl)cc4)CC3)nc(Cl)c21. The molecule has 4 aliphatic rings. The fraction of sp³-hybridized carbons (Fsp3) is 0.385. The van der Waals surface area contributed by atoms with Gasteiger partial charge in [-0.25, -0.2) is 9.97 Å². The Balaban J connectivity index is 0.000000168. The second-order valence-corrected chi connectivity index (χ2v) is 19.5. The molecule has 2 fully saturated rings. The van der Waals surface area contributed by atoms with E-state index in [0.717, 1.165) is 103 Å². The van der Waals surface area contributed by atoms with Gasteiger partial charge in [0.15, 0.2) is 5.15 Å². The minimum atomic E-state index is -1.05. The van der Waals surface area contributed by atoms with Crippen LogP contribution in [0.1, 0.15) is 21.1 Å². The van der Waals surface area contributed by atoms with Crippen molar-refractivity contribution in [1.29, 1.82) is 0 Å². The van der Waals surface area contributed by atoms with E-state index in [9.17, 15) is 8.42 Å². The van der Waals surface area contributed by atoms with Gasteiger partial charge in [0.1, 0.15) is 10.7 Å². The maximum Gasteiger partial charge on any atom is 0.227 e. The summed E-state index contributed by atoms with van der Waals surface area (Å²) < 4.78 is 24.6. The van der Waals surface area contributed by atoms with E-state index in [0.29, 0.717) is 40.5 Å². The van der Waals surface area contributed by atoms with Gasteiger partial charge in [-0.2, -0.15) is 9.97 Å². The van der Waals surface area contributed by atoms with Crippen molar-refractivity contribution in [3.05, 3.63) is 97.0 Å². The highest BCUT2D eigenvalue weighted by atomic mass is 35.5. The molecule has 57 heavy (non-hydrogen) atoms. The summed E-state index contributed by atoms with van der Waals surface area (Å²) in [5.74, 6) is 3.31. The van der Waals surface area contributed by atoms with Crippen LogP contribution in [0, 0.1) is 0 Å². The number of hydrogen-bond acceptors (Lipinski definition) is 13. The predicted molar refractivity (Wildman–Crippen MR) is 235 cm³/mol. The number of rotatable bonds is 9. The number of aromatic nitrogens is 4. The summed E-state index contributed by atoms with van der Waals surface area (Å²) in [6.07, 6.45) is 1.45. The molecule has 5 aromatic rings. The first-order chi connectivity index (χ1) is 27.7. The van der Waals surface area contributed by atoms with Crippen molar-refractivity contribution in [3.63, 3.8) is 0 Å². The second-order valence-electron chi connectivity index (χ2n) is 14.0. The number of benzene rings is 2. The number of nitrogens with zero attached hydrogens (tertiary/aromatic N) is 8. The van der Waals surface area contributed by atoms with Crippen LogP contribution in [-0.2, 0) is 47.5 Å². The van der Waals surface area contributed by atoms with Crippen LogP contribution in [0.2, 0.25) is 15.2 Å². The fourth-order valence-electron chi connectivity index (χ4n) is 7.32. The monoisotopic (exact) mass is 884 g/mol. The van der Waals surface area contributed by atoms with Crippen molar-refractivity contribution in [2.75, 3.05) is 95.8 Å². The van der Waals surface area contributed by atoms with Crippen molar-refractivity contribution in [3.8, 4) is 0 Å². The molecule has 18 heteroatoms. The average Bonchev–Trinajstić information content (AvgIpc) is 3.96. The van der Waals surface area contributed by atoms with Crippen molar-refractivity contribution < 1.29 is 8.42 Å². The van der Waals surface area contributed by atoms with Gasteiger partial charge in [-0.1, -0.05) is 34.8 Å². The van der Waals surface area contributed by atoms with Crippen LogP contribution >= 0.6 is 46.1 Å². The zero-order valence-electron chi connectivity index (χ0n) is 31.4. The summed E-state index contributed by atoms with van der Waals surface area (Å²) in [6, 6.07) is 20.2. The normalized spacial score (nSPS) is 18.9. The molecule has 9 rings (SSSR count). The number of thiophene rings is 1. The highest BCUT2D eigenvalue weighted by Crippen LogP contribution is 2.32. The number of halogens is 3. The van der Waals surface area contributed by atoms with Crippen LogP contribution < -0.4 is 30.2 Å².